The normalized spacial score (nSPS) is 12.4. The molecule has 0 bridgehead atoms. The van der Waals surface area contributed by atoms with E-state index in [9.17, 15) is 0 Å². The predicted molar refractivity (Wildman–Crippen MR) is 217 cm³/mol. The van der Waals surface area contributed by atoms with E-state index < -0.39 is 14.5 Å². The molecule has 0 saturated heterocycles. The Morgan fingerprint density at radius 2 is 0.640 bits per heavy atom. The minimum Gasteiger partial charge on any atom is -0.376 e. The van der Waals surface area contributed by atoms with Crippen LogP contribution in [0.5, 0.6) is 0 Å². The maximum atomic E-state index is 6.45. The van der Waals surface area contributed by atoms with Crippen molar-refractivity contribution in [2.45, 2.75) is 13.0 Å². The second-order valence-corrected chi connectivity index (χ2v) is 19.7. The van der Waals surface area contributed by atoms with Crippen LogP contribution in [0.15, 0.2) is 182 Å². The number of hydrogen-bond donors (Lipinski definition) is 0. The molecule has 0 aliphatic carbocycles. The summed E-state index contributed by atoms with van der Waals surface area (Å²) < 4.78 is 18.8. The van der Waals surface area contributed by atoms with Gasteiger partial charge in [0.1, 0.15) is 46.4 Å². The van der Waals surface area contributed by atoms with E-state index >= 15 is 0 Å². The van der Waals surface area contributed by atoms with E-state index in [0.717, 1.165) is 12.3 Å². The second-order valence-electron chi connectivity index (χ2n) is 12.4. The number of ether oxygens (including phenoxy) is 3. The third-order valence-corrected chi connectivity index (χ3v) is 18.1. The van der Waals surface area contributed by atoms with Crippen molar-refractivity contribution >= 4 is 46.4 Å². The molecule has 0 aliphatic rings. The van der Waals surface area contributed by atoms with Crippen molar-refractivity contribution in [2.75, 3.05) is 45.4 Å². The van der Waals surface area contributed by atoms with Crippen LogP contribution in [0, 0.1) is 0 Å². The van der Waals surface area contributed by atoms with Gasteiger partial charge in [-0.25, -0.2) is 0 Å². The van der Waals surface area contributed by atoms with Gasteiger partial charge >= 0.3 is 0 Å². The topological polar surface area (TPSA) is 27.7 Å². The van der Waals surface area contributed by atoms with Gasteiger partial charge in [0.05, 0.1) is 51.5 Å². The quantitative estimate of drug-likeness (QED) is 0.0692. The van der Waals surface area contributed by atoms with Gasteiger partial charge in [-0.1, -0.05) is 109 Å². The number of rotatable bonds is 18. The molecular formula is C45H48O3P2+2. The molecule has 6 rings (SSSR count). The summed E-state index contributed by atoms with van der Waals surface area (Å²) in [5.41, 5.74) is 0. The van der Waals surface area contributed by atoms with E-state index in [1.165, 1.54) is 31.8 Å². The number of benzene rings is 6. The Kier molecular flexibility index (Phi) is 13.2. The van der Waals surface area contributed by atoms with Crippen LogP contribution in [0.25, 0.3) is 0 Å². The molecule has 5 heteroatoms. The lowest BCUT2D eigenvalue weighted by atomic mass is 10.4. The molecule has 254 valence electrons. The van der Waals surface area contributed by atoms with Crippen LogP contribution in [0.1, 0.15) is 6.92 Å². The Hall–Kier alpha value is -3.94. The largest absolute Gasteiger partial charge is 0.376 e. The number of hydrogen-bond acceptors (Lipinski definition) is 3. The van der Waals surface area contributed by atoms with Gasteiger partial charge in [-0.3, -0.25) is 0 Å². The molecule has 6 aromatic rings. The van der Waals surface area contributed by atoms with E-state index in [4.69, 9.17) is 14.2 Å². The van der Waals surface area contributed by atoms with Gasteiger partial charge in [0.25, 0.3) is 0 Å². The maximum absolute atomic E-state index is 6.45. The third-order valence-electron chi connectivity index (χ3n) is 9.31. The van der Waals surface area contributed by atoms with Crippen molar-refractivity contribution in [3.63, 3.8) is 0 Å². The van der Waals surface area contributed by atoms with Gasteiger partial charge in [0.15, 0.2) is 0 Å². The highest BCUT2D eigenvalue weighted by atomic mass is 31.2. The summed E-state index contributed by atoms with van der Waals surface area (Å²) in [7, 11) is -3.82. The fraction of sp³-hybridized carbons (Fsp3) is 0.200. The second kappa shape index (κ2) is 18.3. The predicted octanol–water partition coefficient (Wildman–Crippen LogP) is 7.41. The highest BCUT2D eigenvalue weighted by molar-refractivity contribution is 7.96. The monoisotopic (exact) mass is 698 g/mol. The molecule has 1 atom stereocenters. The Morgan fingerprint density at radius 3 is 0.960 bits per heavy atom. The lowest BCUT2D eigenvalue weighted by Crippen LogP contribution is -2.35. The Morgan fingerprint density at radius 1 is 0.360 bits per heavy atom. The zero-order valence-corrected chi connectivity index (χ0v) is 30.8. The first kappa shape index (κ1) is 35.9. The maximum Gasteiger partial charge on any atom is 0.114 e. The summed E-state index contributed by atoms with van der Waals surface area (Å²) in [6, 6.07) is 65.8. The van der Waals surface area contributed by atoms with Crippen molar-refractivity contribution in [2.24, 2.45) is 0 Å². The molecule has 0 saturated carbocycles. The van der Waals surface area contributed by atoms with Gasteiger partial charge < -0.3 is 14.2 Å². The molecule has 0 aliphatic heterocycles. The van der Waals surface area contributed by atoms with Gasteiger partial charge in [-0.15, -0.1) is 0 Å². The lowest BCUT2D eigenvalue weighted by Gasteiger charge is -2.28. The highest BCUT2D eigenvalue weighted by Gasteiger charge is 2.46. The molecule has 0 N–H and O–H groups in total. The standard InChI is InChI=1S/C45H48O3P2/c1-39(48-35-37-50(43-26-14-5-15-27-43,44-28-16-6-17-29-44)45-30-18-7-19-31-45)38-47-33-32-46-34-36-49(40-20-8-2-9-21-40,41-22-10-3-11-23-41)42-24-12-4-13-25-42/h2-31,39H,32-38H2,1H3/q+2. The molecule has 3 nitrogen and oxygen atoms in total. The van der Waals surface area contributed by atoms with E-state index in [1.54, 1.807) is 0 Å². The van der Waals surface area contributed by atoms with Crippen LogP contribution < -0.4 is 31.8 Å². The van der Waals surface area contributed by atoms with E-state index in [-0.39, 0.29) is 6.10 Å². The summed E-state index contributed by atoms with van der Waals surface area (Å²) in [6.45, 7) is 5.04. The highest BCUT2D eigenvalue weighted by Crippen LogP contribution is 2.56. The van der Waals surface area contributed by atoms with Crippen molar-refractivity contribution in [3.05, 3.63) is 182 Å². The SMILES string of the molecule is CC(COCCOCC[P+](c1ccccc1)(c1ccccc1)c1ccccc1)OCC[P+](c1ccccc1)(c1ccccc1)c1ccccc1. The van der Waals surface area contributed by atoms with Gasteiger partial charge in [-0.2, -0.15) is 0 Å². The fourth-order valence-electron chi connectivity index (χ4n) is 6.87. The molecular weight excluding hydrogens is 650 g/mol. The summed E-state index contributed by atoms with van der Waals surface area (Å²) in [5.74, 6) is 0. The molecule has 1 unspecified atom stereocenters. The summed E-state index contributed by atoms with van der Waals surface area (Å²) in [5, 5.41) is 8.25. The van der Waals surface area contributed by atoms with E-state index in [1.807, 2.05) is 0 Å². The van der Waals surface area contributed by atoms with E-state index in [0.29, 0.717) is 33.0 Å². The molecule has 0 fully saturated rings. The summed E-state index contributed by atoms with van der Waals surface area (Å²) >= 11 is 0. The molecule has 0 radical (unpaired) electrons. The minimum atomic E-state index is -1.92. The third kappa shape index (κ3) is 8.50. The Balaban J connectivity index is 1.04. The zero-order chi connectivity index (χ0) is 34.3. The van der Waals surface area contributed by atoms with Crippen LogP contribution >= 0.6 is 14.5 Å². The average molecular weight is 699 g/mol. The van der Waals surface area contributed by atoms with Crippen LogP contribution in [0.2, 0.25) is 0 Å². The Bertz CT molecular complexity index is 1610. The molecule has 0 aromatic heterocycles. The summed E-state index contributed by atoms with van der Waals surface area (Å²) in [6.07, 6.45) is 1.83. The van der Waals surface area contributed by atoms with Crippen LogP contribution in [0.4, 0.5) is 0 Å². The van der Waals surface area contributed by atoms with E-state index in [2.05, 4.69) is 189 Å². The van der Waals surface area contributed by atoms with Crippen molar-refractivity contribution in [1.29, 1.82) is 0 Å². The van der Waals surface area contributed by atoms with Crippen molar-refractivity contribution in [3.8, 4) is 0 Å². The van der Waals surface area contributed by atoms with Gasteiger partial charge in [-0.05, 0) is 79.7 Å². The molecule has 0 heterocycles. The smallest absolute Gasteiger partial charge is 0.114 e. The molecule has 50 heavy (non-hydrogen) atoms. The first-order chi connectivity index (χ1) is 24.7. The first-order valence-corrected chi connectivity index (χ1v) is 21.6. The Labute approximate surface area is 300 Å². The van der Waals surface area contributed by atoms with Crippen molar-refractivity contribution < 1.29 is 14.2 Å². The first-order valence-electron chi connectivity index (χ1n) is 17.6. The zero-order valence-electron chi connectivity index (χ0n) is 29.0. The van der Waals surface area contributed by atoms with Gasteiger partial charge in [0.2, 0.25) is 0 Å². The van der Waals surface area contributed by atoms with Crippen LogP contribution in [-0.4, -0.2) is 51.5 Å². The fourth-order valence-corrected chi connectivity index (χ4v) is 15.1. The van der Waals surface area contributed by atoms with Gasteiger partial charge in [0, 0.05) is 0 Å². The van der Waals surface area contributed by atoms with Crippen LogP contribution in [-0.2, 0) is 14.2 Å². The summed E-state index contributed by atoms with van der Waals surface area (Å²) in [4.78, 5) is 0. The van der Waals surface area contributed by atoms with Crippen LogP contribution in [0.3, 0.4) is 0 Å². The molecule has 6 aromatic carbocycles. The molecule has 0 amide bonds. The minimum absolute atomic E-state index is 0.0213. The molecule has 0 spiro atoms. The average Bonchev–Trinajstić information content (AvgIpc) is 3.20. The lowest BCUT2D eigenvalue weighted by molar-refractivity contribution is -0.0177. The van der Waals surface area contributed by atoms with Crippen molar-refractivity contribution in [1.82, 2.24) is 0 Å².